The van der Waals surface area contributed by atoms with Gasteiger partial charge in [-0.3, -0.25) is 0 Å². The third-order valence-electron chi connectivity index (χ3n) is 4.44. The molecule has 0 aromatic rings. The highest BCUT2D eigenvalue weighted by Gasteiger charge is 2.51. The minimum Gasteiger partial charge on any atom is -0.339 e. The molecular weight excluding hydrogens is 161 g/mol. The fraction of sp³-hybridized carbons (Fsp3) is 0.900. The summed E-state index contributed by atoms with van der Waals surface area (Å²) in [6.07, 6.45) is 5.34. The van der Waals surface area contributed by atoms with Gasteiger partial charge in [-0.2, -0.15) is 0 Å². The lowest BCUT2D eigenvalue weighted by molar-refractivity contribution is 0.281. The molecule has 2 nitrogen and oxygen atoms in total. The van der Waals surface area contributed by atoms with E-state index in [4.69, 9.17) is 0 Å². The van der Waals surface area contributed by atoms with Crippen LogP contribution in [0.2, 0.25) is 0 Å². The maximum Gasteiger partial charge on any atom is 0.293 e. The average Bonchev–Trinajstić information content (AvgIpc) is 2.72. The zero-order chi connectivity index (χ0) is 8.84. The lowest BCUT2D eigenvalue weighted by Gasteiger charge is -2.22. The van der Waals surface area contributed by atoms with Crippen molar-refractivity contribution in [2.24, 2.45) is 23.7 Å². The van der Waals surface area contributed by atoms with Crippen molar-refractivity contribution in [3.05, 3.63) is 0 Å². The summed E-state index contributed by atoms with van der Waals surface area (Å²) < 4.78 is 0. The van der Waals surface area contributed by atoms with Crippen molar-refractivity contribution >= 4 is 13.6 Å². The molecule has 3 heteroatoms. The standard InChI is InChI=1S/C10H15BNO/c13-6-11-12-4-9-7-1-2-8(3-7)10(9)5-12/h6-10H,1-5H2. The Hall–Kier alpha value is -0.305. The minimum atomic E-state index is 0.926. The lowest BCUT2D eigenvalue weighted by atomic mass is 9.82. The zero-order valence-corrected chi connectivity index (χ0v) is 7.86. The summed E-state index contributed by atoms with van der Waals surface area (Å²) in [7, 11) is 1.73. The van der Waals surface area contributed by atoms with E-state index in [9.17, 15) is 4.79 Å². The van der Waals surface area contributed by atoms with E-state index in [-0.39, 0.29) is 0 Å². The molecule has 0 aromatic heterocycles. The van der Waals surface area contributed by atoms with Crippen molar-refractivity contribution < 1.29 is 4.79 Å². The first-order valence-corrected chi connectivity index (χ1v) is 5.41. The summed E-state index contributed by atoms with van der Waals surface area (Å²) in [5, 5.41) is 0. The summed E-state index contributed by atoms with van der Waals surface area (Å²) in [4.78, 5) is 12.6. The fourth-order valence-electron chi connectivity index (χ4n) is 3.92. The van der Waals surface area contributed by atoms with Gasteiger partial charge in [0.1, 0.15) is 0 Å². The number of fused-ring (bicyclic) bond motifs is 5. The molecule has 4 atom stereocenters. The predicted molar refractivity (Wildman–Crippen MR) is 51.9 cm³/mol. The molecule has 2 saturated carbocycles. The smallest absolute Gasteiger partial charge is 0.293 e. The number of rotatable bonds is 2. The number of carbonyl (C=O) groups is 1. The van der Waals surface area contributed by atoms with E-state index in [0.29, 0.717) is 0 Å². The maximum absolute atomic E-state index is 10.4. The lowest BCUT2D eigenvalue weighted by Crippen LogP contribution is -2.28. The van der Waals surface area contributed by atoms with Gasteiger partial charge in [-0.25, -0.2) is 0 Å². The molecule has 0 amide bonds. The summed E-state index contributed by atoms with van der Waals surface area (Å²) >= 11 is 0. The van der Waals surface area contributed by atoms with Gasteiger partial charge in [0.25, 0.3) is 7.41 Å². The second-order valence-electron chi connectivity index (χ2n) is 4.90. The number of hydrogen-bond donors (Lipinski definition) is 0. The van der Waals surface area contributed by atoms with Gasteiger partial charge >= 0.3 is 0 Å². The van der Waals surface area contributed by atoms with Crippen LogP contribution in [0, 0.1) is 23.7 Å². The topological polar surface area (TPSA) is 20.3 Å². The van der Waals surface area contributed by atoms with Crippen LogP contribution in [0.15, 0.2) is 0 Å². The Balaban J connectivity index is 1.72. The zero-order valence-electron chi connectivity index (χ0n) is 7.86. The molecule has 1 radical (unpaired) electrons. The van der Waals surface area contributed by atoms with Gasteiger partial charge in [0, 0.05) is 0 Å². The van der Waals surface area contributed by atoms with Gasteiger partial charge in [-0.15, -0.1) is 0 Å². The van der Waals surface area contributed by atoms with Gasteiger partial charge < -0.3 is 9.61 Å². The van der Waals surface area contributed by atoms with Crippen molar-refractivity contribution in [1.29, 1.82) is 0 Å². The predicted octanol–water partition coefficient (Wildman–Crippen LogP) is 0.774. The van der Waals surface area contributed by atoms with Gasteiger partial charge in [-0.1, -0.05) is 0 Å². The molecule has 3 fully saturated rings. The molecule has 1 saturated heterocycles. The second-order valence-corrected chi connectivity index (χ2v) is 4.90. The molecule has 69 valence electrons. The van der Waals surface area contributed by atoms with Crippen LogP contribution in [0.25, 0.3) is 0 Å². The molecule has 0 aromatic carbocycles. The van der Waals surface area contributed by atoms with Crippen LogP contribution < -0.4 is 0 Å². The van der Waals surface area contributed by atoms with Crippen molar-refractivity contribution in [3.63, 3.8) is 0 Å². The summed E-state index contributed by atoms with van der Waals surface area (Å²) in [5.74, 6) is 3.85. The summed E-state index contributed by atoms with van der Waals surface area (Å²) in [5.41, 5.74) is 0. The molecule has 13 heavy (non-hydrogen) atoms. The van der Waals surface area contributed by atoms with Gasteiger partial charge in [0.2, 0.25) is 0 Å². The third-order valence-corrected chi connectivity index (χ3v) is 4.44. The second kappa shape index (κ2) is 2.84. The first-order chi connectivity index (χ1) is 6.38. The Morgan fingerprint density at radius 3 is 2.31 bits per heavy atom. The van der Waals surface area contributed by atoms with Crippen LogP contribution in [0.3, 0.4) is 0 Å². The molecule has 3 aliphatic rings. The van der Waals surface area contributed by atoms with Crippen molar-refractivity contribution in [3.8, 4) is 0 Å². The molecular formula is C10H15BNO. The Labute approximate surface area is 79.9 Å². The van der Waals surface area contributed by atoms with E-state index in [1.54, 1.807) is 7.41 Å². The summed E-state index contributed by atoms with van der Waals surface area (Å²) in [6.45, 7) is 2.31. The molecule has 0 spiro atoms. The van der Waals surface area contributed by atoms with Crippen molar-refractivity contribution in [2.75, 3.05) is 13.1 Å². The molecule has 1 heterocycles. The van der Waals surface area contributed by atoms with Crippen LogP contribution in [-0.2, 0) is 4.79 Å². The number of hydrogen-bond acceptors (Lipinski definition) is 2. The molecule has 3 rings (SSSR count). The highest BCUT2D eigenvalue weighted by atomic mass is 16.1. The fourth-order valence-corrected chi connectivity index (χ4v) is 3.92. The first kappa shape index (κ1) is 8.04. The highest BCUT2D eigenvalue weighted by Crippen LogP contribution is 2.54. The number of carbonyl (C=O) groups excluding carboxylic acids is 1. The highest BCUT2D eigenvalue weighted by molar-refractivity contribution is 6.64. The van der Waals surface area contributed by atoms with E-state index in [1.807, 2.05) is 0 Å². The quantitative estimate of drug-likeness (QED) is 0.457. The molecule has 1 aliphatic heterocycles. The Kier molecular flexibility index (Phi) is 1.76. The largest absolute Gasteiger partial charge is 0.339 e. The summed E-state index contributed by atoms with van der Waals surface area (Å²) in [6, 6.07) is 0. The van der Waals surface area contributed by atoms with Crippen LogP contribution in [0.5, 0.6) is 0 Å². The molecule has 4 unspecified atom stereocenters. The van der Waals surface area contributed by atoms with Crippen LogP contribution in [-0.4, -0.2) is 31.5 Å². The normalized spacial score (nSPS) is 48.0. The Morgan fingerprint density at radius 1 is 1.15 bits per heavy atom. The van der Waals surface area contributed by atoms with Gasteiger partial charge in [-0.05, 0) is 56.0 Å². The molecule has 0 N–H and O–H groups in total. The minimum absolute atomic E-state index is 0.926. The Bertz CT molecular complexity index is 215. The van der Waals surface area contributed by atoms with Crippen molar-refractivity contribution in [1.82, 2.24) is 4.81 Å². The van der Waals surface area contributed by atoms with Gasteiger partial charge in [0.05, 0.1) is 6.19 Å². The van der Waals surface area contributed by atoms with E-state index >= 15 is 0 Å². The van der Waals surface area contributed by atoms with Crippen molar-refractivity contribution in [2.45, 2.75) is 19.3 Å². The van der Waals surface area contributed by atoms with Crippen LogP contribution in [0.1, 0.15) is 19.3 Å². The van der Waals surface area contributed by atoms with Crippen LogP contribution in [0.4, 0.5) is 0 Å². The maximum atomic E-state index is 10.4. The van der Waals surface area contributed by atoms with E-state index in [1.165, 1.54) is 19.3 Å². The third kappa shape index (κ3) is 1.09. The van der Waals surface area contributed by atoms with E-state index in [0.717, 1.165) is 42.9 Å². The van der Waals surface area contributed by atoms with E-state index < -0.39 is 0 Å². The number of nitrogens with zero attached hydrogens (tertiary/aromatic N) is 1. The SMILES string of the molecule is O=C[B]N1CC2C3CCC(C3)C2C1. The van der Waals surface area contributed by atoms with Crippen LogP contribution >= 0.6 is 0 Å². The Morgan fingerprint density at radius 2 is 1.77 bits per heavy atom. The first-order valence-electron chi connectivity index (χ1n) is 5.41. The molecule has 2 aliphatic carbocycles. The monoisotopic (exact) mass is 176 g/mol. The van der Waals surface area contributed by atoms with E-state index in [2.05, 4.69) is 4.81 Å². The molecule has 2 bridgehead atoms. The average molecular weight is 176 g/mol. The van der Waals surface area contributed by atoms with Gasteiger partial charge in [0.15, 0.2) is 0 Å².